The van der Waals surface area contributed by atoms with Gasteiger partial charge in [0.25, 0.3) is 0 Å². The molecule has 0 rings (SSSR count). The van der Waals surface area contributed by atoms with E-state index in [1.54, 1.807) is 6.92 Å². The Hall–Kier alpha value is -1.57. The van der Waals surface area contributed by atoms with Crippen LogP contribution in [-0.4, -0.2) is 49.6 Å². The minimum absolute atomic E-state index is 0.177. The summed E-state index contributed by atoms with van der Waals surface area (Å²) in [7, 11) is -3.27. The summed E-state index contributed by atoms with van der Waals surface area (Å²) in [5.41, 5.74) is 0. The van der Waals surface area contributed by atoms with Crippen LogP contribution in [0.25, 0.3) is 0 Å². The van der Waals surface area contributed by atoms with E-state index in [1.165, 1.54) is 6.08 Å². The van der Waals surface area contributed by atoms with E-state index in [-0.39, 0.29) is 18.2 Å². The van der Waals surface area contributed by atoms with Crippen LogP contribution in [0.4, 0.5) is 4.79 Å². The molecule has 0 aromatic rings. The summed E-state index contributed by atoms with van der Waals surface area (Å²) in [6.07, 6.45) is 2.31. The summed E-state index contributed by atoms with van der Waals surface area (Å²) in [4.78, 5) is 22.2. The lowest BCUT2D eigenvalue weighted by molar-refractivity contribution is -0.139. The zero-order valence-electron chi connectivity index (χ0n) is 10.3. The first-order chi connectivity index (χ1) is 8.15. The number of aliphatic carboxylic acids is 1. The zero-order chi connectivity index (χ0) is 14.3. The van der Waals surface area contributed by atoms with Crippen molar-refractivity contribution in [3.05, 3.63) is 12.7 Å². The Balaban J connectivity index is 4.41. The van der Waals surface area contributed by atoms with Crippen LogP contribution in [0.1, 0.15) is 13.3 Å². The highest BCUT2D eigenvalue weighted by molar-refractivity contribution is 7.90. The van der Waals surface area contributed by atoms with Crippen LogP contribution in [0.15, 0.2) is 12.7 Å². The first-order valence-electron chi connectivity index (χ1n) is 5.26. The third-order valence-corrected chi connectivity index (χ3v) is 3.07. The second-order valence-corrected chi connectivity index (χ2v) is 6.21. The van der Waals surface area contributed by atoms with E-state index < -0.39 is 27.9 Å². The summed E-state index contributed by atoms with van der Waals surface area (Å²) in [5.74, 6) is -1.58. The number of carbonyl (C=O) groups is 2. The molecular weight excluding hydrogens is 260 g/mol. The van der Waals surface area contributed by atoms with E-state index in [4.69, 9.17) is 5.11 Å². The van der Waals surface area contributed by atoms with Crippen LogP contribution in [-0.2, 0) is 14.6 Å². The Morgan fingerprint density at radius 3 is 2.33 bits per heavy atom. The van der Waals surface area contributed by atoms with Crippen molar-refractivity contribution in [1.29, 1.82) is 0 Å². The molecule has 2 unspecified atom stereocenters. The third-order valence-electron chi connectivity index (χ3n) is 2.09. The molecule has 8 heteroatoms. The number of carboxylic acids is 1. The molecule has 3 N–H and O–H groups in total. The molecule has 0 radical (unpaired) electrons. The zero-order valence-corrected chi connectivity index (χ0v) is 11.2. The van der Waals surface area contributed by atoms with Crippen LogP contribution < -0.4 is 10.6 Å². The Kier molecular flexibility index (Phi) is 6.39. The number of nitrogens with one attached hydrogen (secondary N) is 2. The highest BCUT2D eigenvalue weighted by Gasteiger charge is 2.21. The number of rotatable bonds is 7. The smallest absolute Gasteiger partial charge is 0.326 e. The van der Waals surface area contributed by atoms with Gasteiger partial charge in [0.05, 0.1) is 5.75 Å². The average molecular weight is 278 g/mol. The van der Waals surface area contributed by atoms with Crippen molar-refractivity contribution in [1.82, 2.24) is 10.6 Å². The molecule has 0 aromatic carbocycles. The predicted octanol–water partition coefficient (Wildman–Crippen LogP) is -0.252. The average Bonchev–Trinajstić information content (AvgIpc) is 2.22. The lowest BCUT2D eigenvalue weighted by Crippen LogP contribution is -2.48. The number of urea groups is 1. The molecule has 2 atom stereocenters. The minimum atomic E-state index is -3.27. The molecule has 0 aliphatic rings. The third kappa shape index (κ3) is 7.66. The number of sulfone groups is 1. The molecule has 104 valence electrons. The SMILES string of the molecule is C=CC(C)NC(=O)NC(CCS(C)(=O)=O)C(=O)O. The first-order valence-corrected chi connectivity index (χ1v) is 7.32. The number of amides is 2. The van der Waals surface area contributed by atoms with Gasteiger partial charge < -0.3 is 15.7 Å². The van der Waals surface area contributed by atoms with Gasteiger partial charge in [0.15, 0.2) is 0 Å². The second kappa shape index (κ2) is 7.00. The van der Waals surface area contributed by atoms with Crippen LogP contribution >= 0.6 is 0 Å². The fourth-order valence-electron chi connectivity index (χ4n) is 1.05. The quantitative estimate of drug-likeness (QED) is 0.556. The van der Waals surface area contributed by atoms with Crippen molar-refractivity contribution in [3.8, 4) is 0 Å². The monoisotopic (exact) mass is 278 g/mol. The summed E-state index contributed by atoms with van der Waals surface area (Å²) in [6, 6.07) is -2.23. The normalized spacial score (nSPS) is 14.3. The molecule has 0 aromatic heterocycles. The molecule has 2 amide bonds. The van der Waals surface area contributed by atoms with Gasteiger partial charge in [-0.3, -0.25) is 0 Å². The molecule has 0 bridgehead atoms. The van der Waals surface area contributed by atoms with Gasteiger partial charge in [0.2, 0.25) is 0 Å². The molecule has 0 aliphatic carbocycles. The highest BCUT2D eigenvalue weighted by atomic mass is 32.2. The van der Waals surface area contributed by atoms with Crippen molar-refractivity contribution in [2.45, 2.75) is 25.4 Å². The van der Waals surface area contributed by atoms with E-state index in [0.717, 1.165) is 6.26 Å². The standard InChI is InChI=1S/C10H18N2O5S/c1-4-7(2)11-10(15)12-8(9(13)14)5-6-18(3,16)17/h4,7-8H,1,5-6H2,2-3H3,(H,13,14)(H2,11,12,15). The van der Waals surface area contributed by atoms with Gasteiger partial charge in [-0.2, -0.15) is 0 Å². The van der Waals surface area contributed by atoms with Gasteiger partial charge in [-0.1, -0.05) is 6.08 Å². The van der Waals surface area contributed by atoms with Crippen LogP contribution in [0.3, 0.4) is 0 Å². The Morgan fingerprint density at radius 2 is 1.94 bits per heavy atom. The van der Waals surface area contributed by atoms with Crippen molar-refractivity contribution in [2.75, 3.05) is 12.0 Å². The fourth-order valence-corrected chi connectivity index (χ4v) is 1.72. The van der Waals surface area contributed by atoms with Crippen molar-refractivity contribution >= 4 is 21.8 Å². The lowest BCUT2D eigenvalue weighted by Gasteiger charge is -2.16. The number of hydrogen-bond donors (Lipinski definition) is 3. The molecule has 7 nitrogen and oxygen atoms in total. The maximum absolute atomic E-state index is 11.4. The Bertz CT molecular complexity index is 418. The number of hydrogen-bond acceptors (Lipinski definition) is 4. The Morgan fingerprint density at radius 1 is 1.39 bits per heavy atom. The van der Waals surface area contributed by atoms with E-state index in [2.05, 4.69) is 17.2 Å². The van der Waals surface area contributed by atoms with Crippen LogP contribution in [0, 0.1) is 0 Å². The predicted molar refractivity (Wildman–Crippen MR) is 67.1 cm³/mol. The van der Waals surface area contributed by atoms with Gasteiger partial charge in [-0.25, -0.2) is 18.0 Å². The van der Waals surface area contributed by atoms with Crippen molar-refractivity contribution < 1.29 is 23.1 Å². The van der Waals surface area contributed by atoms with Crippen molar-refractivity contribution in [2.24, 2.45) is 0 Å². The summed E-state index contributed by atoms with van der Waals surface area (Å²) < 4.78 is 21.9. The molecule has 0 saturated carbocycles. The fraction of sp³-hybridized carbons (Fsp3) is 0.600. The van der Waals surface area contributed by atoms with Gasteiger partial charge >= 0.3 is 12.0 Å². The van der Waals surface area contributed by atoms with Crippen molar-refractivity contribution in [3.63, 3.8) is 0 Å². The maximum atomic E-state index is 11.4. The van der Waals surface area contributed by atoms with Gasteiger partial charge in [-0.15, -0.1) is 6.58 Å². The van der Waals surface area contributed by atoms with E-state index >= 15 is 0 Å². The summed E-state index contributed by atoms with van der Waals surface area (Å²) >= 11 is 0. The molecular formula is C10H18N2O5S. The molecule has 0 fully saturated rings. The molecule has 0 saturated heterocycles. The molecule has 0 spiro atoms. The Labute approximate surface area is 106 Å². The van der Waals surface area contributed by atoms with E-state index in [0.29, 0.717) is 0 Å². The topological polar surface area (TPSA) is 113 Å². The second-order valence-electron chi connectivity index (χ2n) is 3.95. The largest absolute Gasteiger partial charge is 0.480 e. The minimum Gasteiger partial charge on any atom is -0.480 e. The number of carboxylic acid groups (broad SMARTS) is 1. The first kappa shape index (κ1) is 16.4. The number of carbonyl (C=O) groups excluding carboxylic acids is 1. The van der Waals surface area contributed by atoms with E-state index in [1.807, 2.05) is 0 Å². The van der Waals surface area contributed by atoms with Crippen LogP contribution in [0.2, 0.25) is 0 Å². The molecule has 0 heterocycles. The highest BCUT2D eigenvalue weighted by Crippen LogP contribution is 1.97. The maximum Gasteiger partial charge on any atom is 0.326 e. The van der Waals surface area contributed by atoms with Gasteiger partial charge in [0, 0.05) is 12.3 Å². The van der Waals surface area contributed by atoms with Gasteiger partial charge in [0.1, 0.15) is 15.9 Å². The molecule has 18 heavy (non-hydrogen) atoms. The van der Waals surface area contributed by atoms with E-state index in [9.17, 15) is 18.0 Å². The lowest BCUT2D eigenvalue weighted by atomic mass is 10.2. The molecule has 0 aliphatic heterocycles. The summed E-state index contributed by atoms with van der Waals surface area (Å²) in [5, 5.41) is 13.5. The summed E-state index contributed by atoms with van der Waals surface area (Å²) in [6.45, 7) is 5.12. The van der Waals surface area contributed by atoms with Gasteiger partial charge in [-0.05, 0) is 13.3 Å². The van der Waals surface area contributed by atoms with Crippen LogP contribution in [0.5, 0.6) is 0 Å².